The van der Waals surface area contributed by atoms with Crippen LogP contribution < -0.4 is 4.74 Å². The van der Waals surface area contributed by atoms with Crippen LogP contribution in [-0.2, 0) is 18.0 Å². The molecular formula is C25H18N2O5. The van der Waals surface area contributed by atoms with E-state index in [2.05, 4.69) is 10.2 Å². The minimum Gasteiger partial charge on any atom is -0.489 e. The van der Waals surface area contributed by atoms with Crippen molar-refractivity contribution in [2.24, 2.45) is 0 Å². The first kappa shape index (κ1) is 19.6. The van der Waals surface area contributed by atoms with Gasteiger partial charge in [0.2, 0.25) is 11.7 Å². The highest BCUT2D eigenvalue weighted by Crippen LogP contribution is 2.28. The Morgan fingerprint density at radius 1 is 0.781 bits per heavy atom. The molecule has 0 aliphatic carbocycles. The van der Waals surface area contributed by atoms with Gasteiger partial charge in [-0.1, -0.05) is 54.6 Å². The molecule has 0 bridgehead atoms. The molecule has 0 atom stereocenters. The van der Waals surface area contributed by atoms with E-state index in [1.807, 2.05) is 78.9 Å². The van der Waals surface area contributed by atoms with E-state index in [1.165, 1.54) is 0 Å². The third-order valence-electron chi connectivity index (χ3n) is 4.82. The summed E-state index contributed by atoms with van der Waals surface area (Å²) in [4.78, 5) is 12.8. The number of carbonyl (C=O) groups is 1. The van der Waals surface area contributed by atoms with Gasteiger partial charge >= 0.3 is 5.97 Å². The molecule has 0 spiro atoms. The van der Waals surface area contributed by atoms with E-state index in [0.29, 0.717) is 22.8 Å². The van der Waals surface area contributed by atoms with Gasteiger partial charge < -0.3 is 18.3 Å². The lowest BCUT2D eigenvalue weighted by molar-refractivity contribution is 0.0401. The average molecular weight is 426 g/mol. The van der Waals surface area contributed by atoms with Crippen LogP contribution in [0.1, 0.15) is 22.0 Å². The summed E-state index contributed by atoms with van der Waals surface area (Å²) in [5.74, 6) is 0.696. The number of aromatic nitrogens is 2. The molecule has 0 unspecified atom stereocenters. The number of fused-ring (bicyclic) bond motifs is 1. The van der Waals surface area contributed by atoms with Crippen LogP contribution in [0.2, 0.25) is 0 Å². The van der Waals surface area contributed by atoms with Crippen LogP contribution in [0.25, 0.3) is 22.4 Å². The van der Waals surface area contributed by atoms with E-state index in [1.54, 1.807) is 6.07 Å². The predicted molar refractivity (Wildman–Crippen MR) is 116 cm³/mol. The normalized spacial score (nSPS) is 10.9. The van der Waals surface area contributed by atoms with Gasteiger partial charge in [-0.25, -0.2) is 4.79 Å². The largest absolute Gasteiger partial charge is 0.489 e. The fourth-order valence-electron chi connectivity index (χ4n) is 3.28. The fraction of sp³-hybridized carbons (Fsp3) is 0.0800. The summed E-state index contributed by atoms with van der Waals surface area (Å²) in [5.41, 5.74) is 1.98. The van der Waals surface area contributed by atoms with Gasteiger partial charge in [0.1, 0.15) is 17.9 Å². The van der Waals surface area contributed by atoms with Crippen LogP contribution >= 0.6 is 0 Å². The molecule has 0 saturated heterocycles. The van der Waals surface area contributed by atoms with Crippen LogP contribution in [0, 0.1) is 0 Å². The third kappa shape index (κ3) is 4.09. The lowest BCUT2D eigenvalue weighted by atomic mass is 10.1. The summed E-state index contributed by atoms with van der Waals surface area (Å²) in [6, 6.07) is 26.1. The second kappa shape index (κ2) is 8.77. The third-order valence-corrected chi connectivity index (χ3v) is 4.82. The number of carbonyl (C=O) groups excluding carboxylic acids is 1. The Labute approximate surface area is 183 Å². The van der Waals surface area contributed by atoms with Gasteiger partial charge in [-0.3, -0.25) is 0 Å². The molecule has 0 aliphatic rings. The fourth-order valence-corrected chi connectivity index (χ4v) is 3.28. The van der Waals surface area contributed by atoms with E-state index >= 15 is 0 Å². The minimum absolute atomic E-state index is 0.0879. The summed E-state index contributed by atoms with van der Waals surface area (Å²) in [6.07, 6.45) is 0. The summed E-state index contributed by atoms with van der Waals surface area (Å²) < 4.78 is 22.6. The molecule has 0 saturated carbocycles. The van der Waals surface area contributed by atoms with Crippen molar-refractivity contribution in [1.29, 1.82) is 0 Å². The molecule has 32 heavy (non-hydrogen) atoms. The average Bonchev–Trinajstić information content (AvgIpc) is 3.47. The first-order valence-corrected chi connectivity index (χ1v) is 10.0. The Hall–Kier alpha value is -4.39. The number of hydrogen-bond acceptors (Lipinski definition) is 7. The maximum Gasteiger partial charge on any atom is 0.375 e. The molecule has 158 valence electrons. The monoisotopic (exact) mass is 426 g/mol. The van der Waals surface area contributed by atoms with Gasteiger partial charge in [0.05, 0.1) is 5.56 Å². The number of para-hydroxylation sites is 2. The lowest BCUT2D eigenvalue weighted by Crippen LogP contribution is -2.08. The standard InChI is InChI=1S/C25H18N2O5/c28-25(30-16-22-26-27-24(32-22)17-9-3-1-4-10-17)23-20(15-29-18-11-5-2-6-12-18)19-13-7-8-14-21(19)31-23/h1-14H,15-16H2. The molecule has 2 aromatic heterocycles. The van der Waals surface area contributed by atoms with E-state index in [4.69, 9.17) is 18.3 Å². The number of benzene rings is 3. The molecular weight excluding hydrogens is 408 g/mol. The Balaban J connectivity index is 1.33. The molecule has 7 nitrogen and oxygen atoms in total. The maximum absolute atomic E-state index is 12.8. The molecule has 0 N–H and O–H groups in total. The number of esters is 1. The number of furan rings is 1. The summed E-state index contributed by atoms with van der Waals surface area (Å²) in [6.45, 7) is -0.0150. The van der Waals surface area contributed by atoms with Crippen LogP contribution in [0.5, 0.6) is 5.75 Å². The van der Waals surface area contributed by atoms with Crippen LogP contribution in [-0.4, -0.2) is 16.2 Å². The lowest BCUT2D eigenvalue weighted by Gasteiger charge is -2.06. The molecule has 2 heterocycles. The Morgan fingerprint density at radius 3 is 2.31 bits per heavy atom. The molecule has 7 heteroatoms. The van der Waals surface area contributed by atoms with Gasteiger partial charge in [0, 0.05) is 10.9 Å². The van der Waals surface area contributed by atoms with Gasteiger partial charge in [-0.15, -0.1) is 10.2 Å². The topological polar surface area (TPSA) is 87.6 Å². The molecule has 0 aliphatic heterocycles. The molecule has 5 aromatic rings. The van der Waals surface area contributed by atoms with Crippen molar-refractivity contribution in [1.82, 2.24) is 10.2 Å². The Morgan fingerprint density at radius 2 is 1.50 bits per heavy atom. The van der Waals surface area contributed by atoms with Crippen LogP contribution in [0.4, 0.5) is 0 Å². The van der Waals surface area contributed by atoms with Crippen LogP contribution in [0.3, 0.4) is 0 Å². The Kier molecular flexibility index (Phi) is 5.36. The summed E-state index contributed by atoms with van der Waals surface area (Å²) in [5, 5.41) is 8.74. The molecule has 0 radical (unpaired) electrons. The number of ether oxygens (including phenoxy) is 2. The highest BCUT2D eigenvalue weighted by Gasteiger charge is 2.23. The van der Waals surface area contributed by atoms with Gasteiger partial charge in [-0.05, 0) is 30.3 Å². The van der Waals surface area contributed by atoms with E-state index in [-0.39, 0.29) is 24.9 Å². The van der Waals surface area contributed by atoms with E-state index < -0.39 is 5.97 Å². The second-order valence-electron chi connectivity index (χ2n) is 6.95. The summed E-state index contributed by atoms with van der Waals surface area (Å²) in [7, 11) is 0. The van der Waals surface area contributed by atoms with Crippen molar-refractivity contribution in [3.05, 3.63) is 102 Å². The minimum atomic E-state index is -0.632. The first-order valence-electron chi connectivity index (χ1n) is 10.0. The van der Waals surface area contributed by atoms with Crippen molar-refractivity contribution >= 4 is 16.9 Å². The maximum atomic E-state index is 12.8. The van der Waals surface area contributed by atoms with Crippen molar-refractivity contribution < 1.29 is 23.1 Å². The molecule has 0 amide bonds. The number of rotatable bonds is 7. The molecule has 5 rings (SSSR count). The SMILES string of the molecule is O=C(OCc1nnc(-c2ccccc2)o1)c1oc2ccccc2c1COc1ccccc1. The van der Waals surface area contributed by atoms with Crippen LogP contribution in [0.15, 0.2) is 93.8 Å². The van der Waals surface area contributed by atoms with Crippen molar-refractivity contribution in [2.45, 2.75) is 13.2 Å². The van der Waals surface area contributed by atoms with Gasteiger partial charge in [-0.2, -0.15) is 0 Å². The quantitative estimate of drug-likeness (QED) is 0.321. The summed E-state index contributed by atoms with van der Waals surface area (Å²) >= 11 is 0. The number of nitrogens with zero attached hydrogens (tertiary/aromatic N) is 2. The van der Waals surface area contributed by atoms with E-state index in [0.717, 1.165) is 10.9 Å². The highest BCUT2D eigenvalue weighted by molar-refractivity contribution is 5.96. The molecule has 0 fully saturated rings. The molecule has 3 aromatic carbocycles. The number of hydrogen-bond donors (Lipinski definition) is 0. The zero-order valence-electron chi connectivity index (χ0n) is 16.9. The predicted octanol–water partition coefficient (Wildman–Crippen LogP) is 5.42. The second-order valence-corrected chi connectivity index (χ2v) is 6.95. The van der Waals surface area contributed by atoms with Gasteiger partial charge in [0.15, 0.2) is 6.61 Å². The zero-order chi connectivity index (χ0) is 21.8. The van der Waals surface area contributed by atoms with Crippen molar-refractivity contribution in [3.63, 3.8) is 0 Å². The Bertz CT molecular complexity index is 1340. The van der Waals surface area contributed by atoms with E-state index in [9.17, 15) is 4.79 Å². The zero-order valence-corrected chi connectivity index (χ0v) is 16.9. The van der Waals surface area contributed by atoms with Crippen molar-refractivity contribution in [2.75, 3.05) is 0 Å². The van der Waals surface area contributed by atoms with Crippen molar-refractivity contribution in [3.8, 4) is 17.2 Å². The smallest absolute Gasteiger partial charge is 0.375 e. The first-order chi connectivity index (χ1) is 15.8. The highest BCUT2D eigenvalue weighted by atomic mass is 16.6. The van der Waals surface area contributed by atoms with Gasteiger partial charge in [0.25, 0.3) is 5.89 Å².